The molecule has 0 unspecified atom stereocenters. The van der Waals surface area contributed by atoms with E-state index in [2.05, 4.69) is 5.32 Å². The highest BCUT2D eigenvalue weighted by molar-refractivity contribution is 5.92. The zero-order valence-corrected chi connectivity index (χ0v) is 12.0. The molecule has 1 aromatic rings. The second-order valence-electron chi connectivity index (χ2n) is 5.31. The van der Waals surface area contributed by atoms with Gasteiger partial charge in [0, 0.05) is 31.6 Å². The standard InChI is InChI=1S/C16H22N2O2/c1-13(19)18(15-9-3-2-4-10-15)12-11-16(20)17-14-7-5-6-8-14/h2-4,9-10,14H,5-8,11-12H2,1H3,(H,17,20). The summed E-state index contributed by atoms with van der Waals surface area (Å²) >= 11 is 0. The van der Waals surface area contributed by atoms with Crippen LogP contribution in [0.3, 0.4) is 0 Å². The van der Waals surface area contributed by atoms with E-state index in [4.69, 9.17) is 0 Å². The monoisotopic (exact) mass is 274 g/mol. The van der Waals surface area contributed by atoms with Crippen LogP contribution in [-0.2, 0) is 9.59 Å². The van der Waals surface area contributed by atoms with E-state index in [0.717, 1.165) is 18.5 Å². The maximum Gasteiger partial charge on any atom is 0.223 e. The fraction of sp³-hybridized carbons (Fsp3) is 0.500. The fourth-order valence-electron chi connectivity index (χ4n) is 2.66. The van der Waals surface area contributed by atoms with Crippen LogP contribution in [0.25, 0.3) is 0 Å². The van der Waals surface area contributed by atoms with Gasteiger partial charge in [-0.1, -0.05) is 31.0 Å². The summed E-state index contributed by atoms with van der Waals surface area (Å²) in [5.74, 6) is 0.00366. The van der Waals surface area contributed by atoms with E-state index in [1.165, 1.54) is 19.8 Å². The Bertz CT molecular complexity index is 453. The molecule has 0 bridgehead atoms. The molecule has 2 amide bonds. The highest BCUT2D eigenvalue weighted by Gasteiger charge is 2.18. The molecule has 0 aliphatic heterocycles. The van der Waals surface area contributed by atoms with Crippen molar-refractivity contribution in [3.63, 3.8) is 0 Å². The number of anilines is 1. The Balaban J connectivity index is 1.86. The molecule has 2 rings (SSSR count). The van der Waals surface area contributed by atoms with E-state index >= 15 is 0 Å². The van der Waals surface area contributed by atoms with Crippen molar-refractivity contribution in [1.82, 2.24) is 5.32 Å². The van der Waals surface area contributed by atoms with E-state index < -0.39 is 0 Å². The van der Waals surface area contributed by atoms with Crippen molar-refractivity contribution in [3.8, 4) is 0 Å². The van der Waals surface area contributed by atoms with Crippen LogP contribution in [0.15, 0.2) is 30.3 Å². The Hall–Kier alpha value is -1.84. The summed E-state index contributed by atoms with van der Waals surface area (Å²) in [5.41, 5.74) is 0.841. The average molecular weight is 274 g/mol. The summed E-state index contributed by atoms with van der Waals surface area (Å²) in [7, 11) is 0. The largest absolute Gasteiger partial charge is 0.353 e. The van der Waals surface area contributed by atoms with Gasteiger partial charge < -0.3 is 10.2 Å². The van der Waals surface area contributed by atoms with E-state index in [1.807, 2.05) is 30.3 Å². The summed E-state index contributed by atoms with van der Waals surface area (Å²) in [6, 6.07) is 9.81. The summed E-state index contributed by atoms with van der Waals surface area (Å²) in [5, 5.41) is 3.05. The first-order chi connectivity index (χ1) is 9.66. The van der Waals surface area contributed by atoms with Crippen molar-refractivity contribution in [2.45, 2.75) is 45.1 Å². The van der Waals surface area contributed by atoms with Crippen molar-refractivity contribution in [1.29, 1.82) is 0 Å². The molecular weight excluding hydrogens is 252 g/mol. The molecule has 1 aliphatic rings. The lowest BCUT2D eigenvalue weighted by Crippen LogP contribution is -2.37. The predicted octanol–water partition coefficient (Wildman–Crippen LogP) is 2.49. The molecule has 0 radical (unpaired) electrons. The number of carbonyl (C=O) groups excluding carboxylic acids is 2. The number of rotatable bonds is 5. The molecule has 108 valence electrons. The van der Waals surface area contributed by atoms with E-state index in [9.17, 15) is 9.59 Å². The number of hydrogen-bond donors (Lipinski definition) is 1. The Labute approximate surface area is 120 Å². The minimum atomic E-state index is -0.0372. The summed E-state index contributed by atoms with van der Waals surface area (Å²) in [6.07, 6.45) is 4.93. The molecule has 1 aliphatic carbocycles. The van der Waals surface area contributed by atoms with Crippen LogP contribution in [0.2, 0.25) is 0 Å². The normalized spacial score (nSPS) is 15.1. The van der Waals surface area contributed by atoms with Crippen LogP contribution in [0.4, 0.5) is 5.69 Å². The van der Waals surface area contributed by atoms with Gasteiger partial charge >= 0.3 is 0 Å². The van der Waals surface area contributed by atoms with Crippen molar-refractivity contribution >= 4 is 17.5 Å². The number of carbonyl (C=O) groups is 2. The number of amides is 2. The van der Waals surface area contributed by atoms with Crippen LogP contribution < -0.4 is 10.2 Å². The quantitative estimate of drug-likeness (QED) is 0.896. The molecule has 0 heterocycles. The van der Waals surface area contributed by atoms with Gasteiger partial charge in [-0.2, -0.15) is 0 Å². The van der Waals surface area contributed by atoms with E-state index in [0.29, 0.717) is 19.0 Å². The smallest absolute Gasteiger partial charge is 0.223 e. The number of nitrogens with one attached hydrogen (secondary N) is 1. The third-order valence-corrected chi connectivity index (χ3v) is 3.73. The molecule has 0 atom stereocenters. The van der Waals surface area contributed by atoms with Gasteiger partial charge in [0.2, 0.25) is 11.8 Å². The molecule has 20 heavy (non-hydrogen) atoms. The molecule has 0 saturated heterocycles. The lowest BCUT2D eigenvalue weighted by atomic mass is 10.2. The molecule has 1 fully saturated rings. The zero-order chi connectivity index (χ0) is 14.4. The number of nitrogens with zero attached hydrogens (tertiary/aromatic N) is 1. The van der Waals surface area contributed by atoms with Crippen molar-refractivity contribution in [3.05, 3.63) is 30.3 Å². The van der Waals surface area contributed by atoms with E-state index in [1.54, 1.807) is 4.90 Å². The summed E-state index contributed by atoms with van der Waals surface area (Å²) < 4.78 is 0. The van der Waals surface area contributed by atoms with Crippen LogP contribution in [0.1, 0.15) is 39.0 Å². The van der Waals surface area contributed by atoms with Gasteiger partial charge in [0.1, 0.15) is 0 Å². The number of hydrogen-bond acceptors (Lipinski definition) is 2. The highest BCUT2D eigenvalue weighted by atomic mass is 16.2. The highest BCUT2D eigenvalue weighted by Crippen LogP contribution is 2.18. The lowest BCUT2D eigenvalue weighted by Gasteiger charge is -2.21. The van der Waals surface area contributed by atoms with Gasteiger partial charge in [-0.3, -0.25) is 9.59 Å². The van der Waals surface area contributed by atoms with Gasteiger partial charge in [0.05, 0.1) is 0 Å². The number of para-hydroxylation sites is 1. The maximum atomic E-state index is 11.9. The minimum absolute atomic E-state index is 0.0372. The van der Waals surface area contributed by atoms with Crippen LogP contribution >= 0.6 is 0 Å². The maximum absolute atomic E-state index is 11.9. The topological polar surface area (TPSA) is 49.4 Å². The van der Waals surface area contributed by atoms with Gasteiger partial charge in [-0.05, 0) is 25.0 Å². The molecule has 1 N–H and O–H groups in total. The summed E-state index contributed by atoms with van der Waals surface area (Å²) in [4.78, 5) is 25.3. The molecule has 0 spiro atoms. The van der Waals surface area contributed by atoms with Crippen molar-refractivity contribution in [2.24, 2.45) is 0 Å². The van der Waals surface area contributed by atoms with Gasteiger partial charge in [-0.15, -0.1) is 0 Å². The Morgan fingerprint density at radius 3 is 2.45 bits per heavy atom. The van der Waals surface area contributed by atoms with Crippen LogP contribution in [0.5, 0.6) is 0 Å². The Morgan fingerprint density at radius 2 is 1.85 bits per heavy atom. The zero-order valence-electron chi connectivity index (χ0n) is 12.0. The summed E-state index contributed by atoms with van der Waals surface area (Å²) in [6.45, 7) is 1.96. The lowest BCUT2D eigenvalue weighted by molar-refractivity contribution is -0.121. The molecule has 0 aromatic heterocycles. The van der Waals surface area contributed by atoms with Gasteiger partial charge in [0.25, 0.3) is 0 Å². The van der Waals surface area contributed by atoms with E-state index in [-0.39, 0.29) is 11.8 Å². The minimum Gasteiger partial charge on any atom is -0.353 e. The van der Waals surface area contributed by atoms with Crippen molar-refractivity contribution in [2.75, 3.05) is 11.4 Å². The second kappa shape index (κ2) is 7.08. The number of benzene rings is 1. The Kier molecular flexibility index (Phi) is 5.16. The fourth-order valence-corrected chi connectivity index (χ4v) is 2.66. The first-order valence-corrected chi connectivity index (χ1v) is 7.29. The SMILES string of the molecule is CC(=O)N(CCC(=O)NC1CCCC1)c1ccccc1. The molecule has 1 aromatic carbocycles. The van der Waals surface area contributed by atoms with Gasteiger partial charge in [0.15, 0.2) is 0 Å². The molecule has 1 saturated carbocycles. The molecule has 4 nitrogen and oxygen atoms in total. The van der Waals surface area contributed by atoms with Crippen molar-refractivity contribution < 1.29 is 9.59 Å². The van der Waals surface area contributed by atoms with Gasteiger partial charge in [-0.25, -0.2) is 0 Å². The third kappa shape index (κ3) is 4.08. The second-order valence-corrected chi connectivity index (χ2v) is 5.31. The average Bonchev–Trinajstić information content (AvgIpc) is 2.92. The first kappa shape index (κ1) is 14.6. The first-order valence-electron chi connectivity index (χ1n) is 7.29. The molecule has 4 heteroatoms. The Morgan fingerprint density at radius 1 is 1.20 bits per heavy atom. The van der Waals surface area contributed by atoms with Crippen LogP contribution in [0, 0.1) is 0 Å². The molecular formula is C16H22N2O2. The third-order valence-electron chi connectivity index (χ3n) is 3.73. The van der Waals surface area contributed by atoms with Crippen LogP contribution in [-0.4, -0.2) is 24.4 Å². The predicted molar refractivity (Wildman–Crippen MR) is 79.5 cm³/mol.